The third kappa shape index (κ3) is 3.26. The van der Waals surface area contributed by atoms with Crippen molar-refractivity contribution in [3.63, 3.8) is 0 Å². The van der Waals surface area contributed by atoms with Crippen molar-refractivity contribution in [1.82, 2.24) is 30.0 Å². The molecule has 3 heterocycles. The molecule has 1 aliphatic rings. The van der Waals surface area contributed by atoms with E-state index in [1.54, 1.807) is 36.4 Å². The van der Waals surface area contributed by atoms with Gasteiger partial charge in [-0.15, -0.1) is 0 Å². The Morgan fingerprint density at radius 3 is 2.59 bits per heavy atom. The van der Waals surface area contributed by atoms with Crippen molar-refractivity contribution in [2.45, 2.75) is 33.2 Å². The highest BCUT2D eigenvalue weighted by Gasteiger charge is 2.38. The molecule has 1 amide bonds. The zero-order valence-corrected chi connectivity index (χ0v) is 17.9. The standard InChI is InChI=1S/C23H21FN6O2/c1-13-11-17(20(12-14(13)2)30-25-8-9-26-30)23(31)29-10-7-19(29)21-27-22(32-28-21)16-5-4-6-18(24)15(16)3/h4-6,8-9,11-12,19H,7,10H2,1-3H3/t19-/m0/s1. The number of carbonyl (C=O) groups is 1. The molecular formula is C23H21FN6O2. The minimum absolute atomic E-state index is 0.148. The minimum Gasteiger partial charge on any atom is -0.334 e. The molecule has 32 heavy (non-hydrogen) atoms. The molecule has 2 aromatic carbocycles. The average Bonchev–Trinajstić information content (AvgIpc) is 3.43. The predicted octanol–water partition coefficient (Wildman–Crippen LogP) is 3.97. The SMILES string of the molecule is Cc1cc(C(=O)N2CC[C@H]2c2noc(-c3cccc(F)c3C)n2)c(-n2nccn2)cc1C. The molecule has 0 bridgehead atoms. The second kappa shape index (κ2) is 7.67. The molecule has 1 aliphatic heterocycles. The molecule has 1 atom stereocenters. The maximum absolute atomic E-state index is 13.9. The van der Waals surface area contributed by atoms with Crippen LogP contribution >= 0.6 is 0 Å². The Hall–Kier alpha value is -3.88. The van der Waals surface area contributed by atoms with E-state index in [-0.39, 0.29) is 23.7 Å². The summed E-state index contributed by atoms with van der Waals surface area (Å²) in [6, 6.07) is 8.19. The second-order valence-corrected chi connectivity index (χ2v) is 7.95. The van der Waals surface area contributed by atoms with Crippen molar-refractivity contribution in [3.05, 3.63) is 76.6 Å². The van der Waals surface area contributed by atoms with Crippen LogP contribution in [0.2, 0.25) is 0 Å². The third-order valence-corrected chi connectivity index (χ3v) is 6.00. The van der Waals surface area contributed by atoms with Crippen LogP contribution in [0.15, 0.2) is 47.2 Å². The molecule has 2 aromatic heterocycles. The summed E-state index contributed by atoms with van der Waals surface area (Å²) in [6.45, 7) is 6.19. The van der Waals surface area contributed by atoms with Gasteiger partial charge in [-0.3, -0.25) is 4.79 Å². The van der Waals surface area contributed by atoms with Gasteiger partial charge in [-0.2, -0.15) is 20.0 Å². The quantitative estimate of drug-likeness (QED) is 0.485. The van der Waals surface area contributed by atoms with Crippen molar-refractivity contribution in [3.8, 4) is 17.1 Å². The van der Waals surface area contributed by atoms with E-state index in [9.17, 15) is 9.18 Å². The lowest BCUT2D eigenvalue weighted by Crippen LogP contribution is -2.46. The summed E-state index contributed by atoms with van der Waals surface area (Å²) in [4.78, 5) is 21.1. The monoisotopic (exact) mass is 432 g/mol. The first-order valence-corrected chi connectivity index (χ1v) is 10.3. The lowest BCUT2D eigenvalue weighted by Gasteiger charge is -2.39. The number of benzene rings is 2. The van der Waals surface area contributed by atoms with Gasteiger partial charge in [0.2, 0.25) is 0 Å². The molecule has 9 heteroatoms. The van der Waals surface area contributed by atoms with Crippen LogP contribution in [0.5, 0.6) is 0 Å². The van der Waals surface area contributed by atoms with E-state index in [0.717, 1.165) is 11.1 Å². The first kappa shape index (κ1) is 20.0. The fourth-order valence-electron chi connectivity index (χ4n) is 3.85. The zero-order chi connectivity index (χ0) is 22.4. The van der Waals surface area contributed by atoms with E-state index in [0.29, 0.717) is 41.2 Å². The number of aryl methyl sites for hydroxylation is 2. The van der Waals surface area contributed by atoms with Gasteiger partial charge in [0.15, 0.2) is 5.82 Å². The lowest BCUT2D eigenvalue weighted by atomic mass is 9.97. The van der Waals surface area contributed by atoms with E-state index < -0.39 is 0 Å². The van der Waals surface area contributed by atoms with Gasteiger partial charge in [-0.05, 0) is 68.1 Å². The highest BCUT2D eigenvalue weighted by atomic mass is 19.1. The highest BCUT2D eigenvalue weighted by molar-refractivity contribution is 5.98. The number of hydrogen-bond acceptors (Lipinski definition) is 6. The normalized spacial score (nSPS) is 15.6. The molecular weight excluding hydrogens is 411 g/mol. The molecule has 0 saturated carbocycles. The number of halogens is 1. The summed E-state index contributed by atoms with van der Waals surface area (Å²) in [5.41, 5.74) is 4.17. The zero-order valence-electron chi connectivity index (χ0n) is 17.9. The average molecular weight is 432 g/mol. The van der Waals surface area contributed by atoms with E-state index in [1.807, 2.05) is 26.0 Å². The maximum Gasteiger partial charge on any atom is 0.258 e. The van der Waals surface area contributed by atoms with Gasteiger partial charge < -0.3 is 9.42 Å². The first-order valence-electron chi connectivity index (χ1n) is 10.3. The van der Waals surface area contributed by atoms with Crippen LogP contribution in [0, 0.1) is 26.6 Å². The van der Waals surface area contributed by atoms with Gasteiger partial charge in [-0.1, -0.05) is 11.2 Å². The van der Waals surface area contributed by atoms with Crippen molar-refractivity contribution >= 4 is 5.91 Å². The van der Waals surface area contributed by atoms with Gasteiger partial charge in [0.1, 0.15) is 5.82 Å². The smallest absolute Gasteiger partial charge is 0.258 e. The molecule has 5 rings (SSSR count). The van der Waals surface area contributed by atoms with E-state index >= 15 is 0 Å². The Morgan fingerprint density at radius 1 is 1.12 bits per heavy atom. The van der Waals surface area contributed by atoms with E-state index in [1.165, 1.54) is 10.9 Å². The number of nitrogens with zero attached hydrogens (tertiary/aromatic N) is 6. The van der Waals surface area contributed by atoms with Crippen LogP contribution in [0.1, 0.15) is 45.3 Å². The van der Waals surface area contributed by atoms with Crippen molar-refractivity contribution in [2.24, 2.45) is 0 Å². The summed E-state index contributed by atoms with van der Waals surface area (Å²) in [7, 11) is 0. The molecule has 8 nitrogen and oxygen atoms in total. The third-order valence-electron chi connectivity index (χ3n) is 6.00. The summed E-state index contributed by atoms with van der Waals surface area (Å²) >= 11 is 0. The molecule has 1 fully saturated rings. The summed E-state index contributed by atoms with van der Waals surface area (Å²) < 4.78 is 19.3. The fourth-order valence-corrected chi connectivity index (χ4v) is 3.85. The molecule has 0 spiro atoms. The largest absolute Gasteiger partial charge is 0.334 e. The molecule has 1 saturated heterocycles. The van der Waals surface area contributed by atoms with E-state index in [2.05, 4.69) is 20.3 Å². The van der Waals surface area contributed by atoms with Gasteiger partial charge in [0.25, 0.3) is 11.8 Å². The van der Waals surface area contributed by atoms with E-state index in [4.69, 9.17) is 4.52 Å². The number of aromatic nitrogens is 5. The van der Waals surface area contributed by atoms with Crippen molar-refractivity contribution in [2.75, 3.05) is 6.54 Å². The molecule has 162 valence electrons. The summed E-state index contributed by atoms with van der Waals surface area (Å²) in [5.74, 6) is 0.164. The fraction of sp³-hybridized carbons (Fsp3) is 0.261. The van der Waals surface area contributed by atoms with Gasteiger partial charge in [0.05, 0.1) is 29.7 Å². The van der Waals surface area contributed by atoms with Crippen LogP contribution in [0.3, 0.4) is 0 Å². The van der Waals surface area contributed by atoms with Crippen molar-refractivity contribution < 1.29 is 13.7 Å². The van der Waals surface area contributed by atoms with Gasteiger partial charge >= 0.3 is 0 Å². The summed E-state index contributed by atoms with van der Waals surface area (Å²) in [5, 5.41) is 12.5. The van der Waals surface area contributed by atoms with Crippen LogP contribution in [-0.4, -0.2) is 42.5 Å². The van der Waals surface area contributed by atoms with Crippen LogP contribution in [0.4, 0.5) is 4.39 Å². The first-order chi connectivity index (χ1) is 15.4. The van der Waals surface area contributed by atoms with Crippen molar-refractivity contribution in [1.29, 1.82) is 0 Å². The Kier molecular flexibility index (Phi) is 4.80. The number of carbonyl (C=O) groups excluding carboxylic acids is 1. The Balaban J connectivity index is 1.46. The molecule has 0 radical (unpaired) electrons. The molecule has 0 N–H and O–H groups in total. The molecule has 4 aromatic rings. The van der Waals surface area contributed by atoms with Crippen LogP contribution < -0.4 is 0 Å². The van der Waals surface area contributed by atoms with Crippen LogP contribution in [-0.2, 0) is 0 Å². The van der Waals surface area contributed by atoms with Crippen LogP contribution in [0.25, 0.3) is 17.1 Å². The Morgan fingerprint density at radius 2 is 1.88 bits per heavy atom. The predicted molar refractivity (Wildman–Crippen MR) is 114 cm³/mol. The molecule has 0 unspecified atom stereocenters. The minimum atomic E-state index is -0.336. The lowest BCUT2D eigenvalue weighted by molar-refractivity contribution is 0.0435. The van der Waals surface area contributed by atoms with Gasteiger partial charge in [-0.25, -0.2) is 4.39 Å². The topological polar surface area (TPSA) is 89.9 Å². The Bertz CT molecular complexity index is 1310. The number of hydrogen-bond donors (Lipinski definition) is 0. The molecule has 0 aliphatic carbocycles. The number of amides is 1. The highest BCUT2D eigenvalue weighted by Crippen LogP contribution is 2.35. The number of likely N-dealkylation sites (tertiary alicyclic amines) is 1. The van der Waals surface area contributed by atoms with Gasteiger partial charge in [0, 0.05) is 12.1 Å². The summed E-state index contributed by atoms with van der Waals surface area (Å²) in [6.07, 6.45) is 3.86. The second-order valence-electron chi connectivity index (χ2n) is 7.95. The number of rotatable bonds is 4. The Labute approximate surface area is 183 Å². The maximum atomic E-state index is 13.9.